The van der Waals surface area contributed by atoms with Crippen LogP contribution >= 0.6 is 0 Å². The second kappa shape index (κ2) is 22.2. The molecule has 0 bridgehead atoms. The highest BCUT2D eigenvalue weighted by Gasteiger charge is 2.14. The molecule has 0 atom stereocenters. The lowest BCUT2D eigenvalue weighted by atomic mass is 10.1. The Morgan fingerprint density at radius 3 is 2.33 bits per heavy atom. The van der Waals surface area contributed by atoms with Gasteiger partial charge in [-0.05, 0) is 87.2 Å². The Kier molecular flexibility index (Phi) is 19.1. The molecule has 1 aromatic heterocycles. The standard InChI is InChI=1S/C27H32N6O2.C5H12.C3H8.C2H2/c1-5-13-28-18-34-26-19(3)7-9-23-25(26)27(30-17-29-23)32-21-8-10-24(20(4)16-21)35-22-11-14-33(15-12-22)31-6-2;1-4-5(2)3;1-3-2;1-2/h6-12,14,16-17,28H,5,13,15,18H2,1-4H3,(H,29,30,32);5H,4H2,1-3H3;3H2,1-2H3;1-2H/b31-6-;;;. The van der Waals surface area contributed by atoms with Crippen molar-refractivity contribution in [3.8, 4) is 24.3 Å². The lowest BCUT2D eigenvalue weighted by molar-refractivity contribution is 0.285. The molecule has 2 aromatic carbocycles. The third-order valence-electron chi connectivity index (χ3n) is 6.33. The number of terminal acetylenes is 1. The molecule has 1 aliphatic rings. The molecule has 2 N–H and O–H groups in total. The fraction of sp³-hybridized carbons (Fsp3) is 0.432. The Morgan fingerprint density at radius 1 is 1.04 bits per heavy atom. The van der Waals surface area contributed by atoms with Crippen LogP contribution in [0.3, 0.4) is 0 Å². The maximum absolute atomic E-state index is 6.10. The number of hydrazone groups is 1. The van der Waals surface area contributed by atoms with Crippen molar-refractivity contribution in [2.24, 2.45) is 11.0 Å². The van der Waals surface area contributed by atoms with Crippen LogP contribution in [0.15, 0.2) is 65.9 Å². The number of aromatic nitrogens is 2. The van der Waals surface area contributed by atoms with Gasteiger partial charge in [0.1, 0.15) is 36.1 Å². The second-order valence-corrected chi connectivity index (χ2v) is 10.8. The topological polar surface area (TPSA) is 83.9 Å². The van der Waals surface area contributed by atoms with Gasteiger partial charge in [0.25, 0.3) is 0 Å². The highest BCUT2D eigenvalue weighted by Crippen LogP contribution is 2.35. The zero-order valence-electron chi connectivity index (χ0n) is 28.9. The summed E-state index contributed by atoms with van der Waals surface area (Å²) in [5, 5.41) is 13.7. The van der Waals surface area contributed by atoms with Gasteiger partial charge in [-0.3, -0.25) is 10.3 Å². The third kappa shape index (κ3) is 13.4. The summed E-state index contributed by atoms with van der Waals surface area (Å²) in [6.07, 6.45) is 20.8. The number of allylic oxidation sites excluding steroid dienone is 1. The maximum Gasteiger partial charge on any atom is 0.145 e. The van der Waals surface area contributed by atoms with Crippen LogP contribution in [-0.2, 0) is 0 Å². The molecule has 0 saturated carbocycles. The molecule has 45 heavy (non-hydrogen) atoms. The molecule has 3 aromatic rings. The molecule has 0 radical (unpaired) electrons. The zero-order valence-corrected chi connectivity index (χ0v) is 28.9. The molecule has 0 amide bonds. The minimum absolute atomic E-state index is 0.431. The molecule has 0 fully saturated rings. The van der Waals surface area contributed by atoms with Crippen molar-refractivity contribution in [3.05, 3.63) is 71.9 Å². The summed E-state index contributed by atoms with van der Waals surface area (Å²) in [6, 6.07) is 10.0. The predicted molar refractivity (Wildman–Crippen MR) is 192 cm³/mol. The van der Waals surface area contributed by atoms with Gasteiger partial charge in [-0.2, -0.15) is 5.10 Å². The fourth-order valence-corrected chi connectivity index (χ4v) is 3.77. The molecular formula is C37H54N6O2. The first-order valence-electron chi connectivity index (χ1n) is 15.9. The number of nitrogens with zero attached hydrogens (tertiary/aromatic N) is 4. The number of rotatable bonds is 11. The lowest BCUT2D eigenvalue weighted by Crippen LogP contribution is -2.21. The molecule has 0 unspecified atom stereocenters. The first-order chi connectivity index (χ1) is 21.8. The normalized spacial score (nSPS) is 11.9. The van der Waals surface area contributed by atoms with Gasteiger partial charge in [0.15, 0.2) is 0 Å². The van der Waals surface area contributed by atoms with E-state index in [1.165, 1.54) is 12.8 Å². The highest BCUT2D eigenvalue weighted by molar-refractivity contribution is 5.96. The SMILES string of the molecule is C#C.C/C=N\N1C=CC(Oc2ccc(Nc3ncnc4ccc(C)c(OCNCCC)c34)cc2C)=CC1.CCC.CCC(C)C. The van der Waals surface area contributed by atoms with E-state index in [4.69, 9.17) is 9.47 Å². The lowest BCUT2D eigenvalue weighted by Gasteiger charge is -2.18. The van der Waals surface area contributed by atoms with Crippen LogP contribution in [-0.4, -0.2) is 41.0 Å². The molecule has 0 aliphatic carbocycles. The second-order valence-electron chi connectivity index (χ2n) is 10.8. The van der Waals surface area contributed by atoms with Crippen molar-refractivity contribution < 1.29 is 9.47 Å². The molecule has 8 nitrogen and oxygen atoms in total. The van der Waals surface area contributed by atoms with Gasteiger partial charge < -0.3 is 14.8 Å². The summed E-state index contributed by atoms with van der Waals surface area (Å²) in [5.74, 6) is 3.96. The van der Waals surface area contributed by atoms with Gasteiger partial charge in [0.2, 0.25) is 0 Å². The van der Waals surface area contributed by atoms with Gasteiger partial charge in [-0.1, -0.05) is 60.5 Å². The van der Waals surface area contributed by atoms with E-state index < -0.39 is 0 Å². The third-order valence-corrected chi connectivity index (χ3v) is 6.33. The summed E-state index contributed by atoms with van der Waals surface area (Å²) in [5.41, 5.74) is 3.77. The van der Waals surface area contributed by atoms with E-state index in [1.807, 2.05) is 74.5 Å². The van der Waals surface area contributed by atoms with E-state index in [0.717, 1.165) is 63.9 Å². The molecular weight excluding hydrogens is 560 g/mol. The maximum atomic E-state index is 6.10. The van der Waals surface area contributed by atoms with Crippen molar-refractivity contribution in [2.45, 2.75) is 81.6 Å². The van der Waals surface area contributed by atoms with Crippen LogP contribution < -0.4 is 20.1 Å². The van der Waals surface area contributed by atoms with Crippen LogP contribution in [0.4, 0.5) is 11.5 Å². The van der Waals surface area contributed by atoms with Crippen LogP contribution in [0.5, 0.6) is 11.5 Å². The molecule has 4 rings (SSSR count). The smallest absolute Gasteiger partial charge is 0.145 e. The number of aryl methyl sites for hydroxylation is 2. The minimum Gasteiger partial charge on any atom is -0.477 e. The number of hydrogen-bond acceptors (Lipinski definition) is 8. The first kappa shape index (κ1) is 38.7. The van der Waals surface area contributed by atoms with Crippen LogP contribution in [0.2, 0.25) is 0 Å². The van der Waals surface area contributed by atoms with E-state index in [-0.39, 0.29) is 0 Å². The fourth-order valence-electron chi connectivity index (χ4n) is 3.77. The van der Waals surface area contributed by atoms with Crippen molar-refractivity contribution in [1.29, 1.82) is 0 Å². The predicted octanol–water partition coefficient (Wildman–Crippen LogP) is 9.14. The quantitative estimate of drug-likeness (QED) is 0.0964. The Morgan fingerprint density at radius 2 is 1.76 bits per heavy atom. The molecule has 1 aliphatic heterocycles. The molecule has 0 spiro atoms. The Bertz CT molecular complexity index is 1390. The Balaban J connectivity index is 0.000000893. The molecule has 8 heteroatoms. The summed E-state index contributed by atoms with van der Waals surface area (Å²) < 4.78 is 12.2. The number of hydrogen-bond donors (Lipinski definition) is 2. The number of benzene rings is 2. The van der Waals surface area contributed by atoms with E-state index in [0.29, 0.717) is 19.1 Å². The van der Waals surface area contributed by atoms with Crippen molar-refractivity contribution in [2.75, 3.05) is 25.1 Å². The monoisotopic (exact) mass is 614 g/mol. The van der Waals surface area contributed by atoms with E-state index in [9.17, 15) is 0 Å². The Labute approximate surface area is 272 Å². The van der Waals surface area contributed by atoms with Crippen LogP contribution in [0.25, 0.3) is 10.9 Å². The van der Waals surface area contributed by atoms with Crippen molar-refractivity contribution >= 4 is 28.6 Å². The number of anilines is 2. The Hall–Kier alpha value is -4.35. The van der Waals surface area contributed by atoms with E-state index in [2.05, 4.69) is 80.1 Å². The van der Waals surface area contributed by atoms with Gasteiger partial charge in [-0.25, -0.2) is 9.97 Å². The summed E-state index contributed by atoms with van der Waals surface area (Å²) in [6.45, 7) is 21.0. The van der Waals surface area contributed by atoms with Gasteiger partial charge >= 0.3 is 0 Å². The van der Waals surface area contributed by atoms with Crippen LogP contribution in [0.1, 0.15) is 78.9 Å². The van der Waals surface area contributed by atoms with Crippen molar-refractivity contribution in [3.63, 3.8) is 0 Å². The molecule has 0 saturated heterocycles. The minimum atomic E-state index is 0.431. The number of ether oxygens (including phenoxy) is 2. The molecule has 2 heterocycles. The first-order valence-corrected chi connectivity index (χ1v) is 15.9. The molecule has 244 valence electrons. The number of nitrogens with one attached hydrogen (secondary N) is 2. The zero-order chi connectivity index (χ0) is 33.6. The van der Waals surface area contributed by atoms with Gasteiger partial charge in [0, 0.05) is 18.1 Å². The largest absolute Gasteiger partial charge is 0.477 e. The highest BCUT2D eigenvalue weighted by atomic mass is 16.5. The number of fused-ring (bicyclic) bond motifs is 1. The average Bonchev–Trinajstić information content (AvgIpc) is 3.04. The van der Waals surface area contributed by atoms with Crippen molar-refractivity contribution in [1.82, 2.24) is 20.3 Å². The van der Waals surface area contributed by atoms with Gasteiger partial charge in [0.05, 0.1) is 17.4 Å². The van der Waals surface area contributed by atoms with E-state index in [1.54, 1.807) is 12.5 Å². The van der Waals surface area contributed by atoms with Gasteiger partial charge in [-0.15, -0.1) is 12.8 Å². The average molecular weight is 615 g/mol. The summed E-state index contributed by atoms with van der Waals surface area (Å²) in [7, 11) is 0. The van der Waals surface area contributed by atoms with E-state index >= 15 is 0 Å². The summed E-state index contributed by atoms with van der Waals surface area (Å²) >= 11 is 0. The van der Waals surface area contributed by atoms with Crippen LogP contribution in [0, 0.1) is 32.6 Å². The summed E-state index contributed by atoms with van der Waals surface area (Å²) in [4.78, 5) is 8.97.